The number of hydrogen-bond donors (Lipinski definition) is 1. The van der Waals surface area contributed by atoms with Crippen molar-refractivity contribution in [2.75, 3.05) is 6.54 Å². The van der Waals surface area contributed by atoms with Crippen molar-refractivity contribution in [2.24, 2.45) is 5.92 Å². The van der Waals surface area contributed by atoms with Gasteiger partial charge in [0.05, 0.1) is 0 Å². The van der Waals surface area contributed by atoms with Gasteiger partial charge in [0, 0.05) is 24.3 Å². The van der Waals surface area contributed by atoms with Crippen LogP contribution in [0.25, 0.3) is 0 Å². The van der Waals surface area contributed by atoms with Crippen LogP contribution in [0.2, 0.25) is 0 Å². The first-order valence-corrected chi connectivity index (χ1v) is 8.08. The van der Waals surface area contributed by atoms with Gasteiger partial charge in [-0.1, -0.05) is 27.2 Å². The summed E-state index contributed by atoms with van der Waals surface area (Å²) in [7, 11) is 0. The molecule has 3 heteroatoms. The van der Waals surface area contributed by atoms with E-state index in [0.717, 1.165) is 31.5 Å². The summed E-state index contributed by atoms with van der Waals surface area (Å²) in [4.78, 5) is 12.7. The van der Waals surface area contributed by atoms with Gasteiger partial charge in [0.25, 0.3) is 5.56 Å². The van der Waals surface area contributed by atoms with Gasteiger partial charge in [-0.2, -0.15) is 0 Å². The van der Waals surface area contributed by atoms with E-state index in [2.05, 4.69) is 32.2 Å². The standard InChI is InChI=1S/C17H28N2O/c1-4-5-9-18-11-15-10-14-7-6-8-16(14)19(17(15)20)12-13(2)3/h10,13,18H,4-9,11-12H2,1-3H3. The first kappa shape index (κ1) is 15.3. The lowest BCUT2D eigenvalue weighted by atomic mass is 10.1. The van der Waals surface area contributed by atoms with Crippen LogP contribution < -0.4 is 10.9 Å². The molecule has 3 nitrogen and oxygen atoms in total. The van der Waals surface area contributed by atoms with E-state index in [9.17, 15) is 4.79 Å². The van der Waals surface area contributed by atoms with Crippen molar-refractivity contribution in [1.29, 1.82) is 0 Å². The molecule has 0 aromatic carbocycles. The molecule has 20 heavy (non-hydrogen) atoms. The van der Waals surface area contributed by atoms with Crippen molar-refractivity contribution in [1.82, 2.24) is 9.88 Å². The highest BCUT2D eigenvalue weighted by Crippen LogP contribution is 2.22. The molecule has 1 N–H and O–H groups in total. The smallest absolute Gasteiger partial charge is 0.255 e. The molecule has 1 aliphatic carbocycles. The summed E-state index contributed by atoms with van der Waals surface area (Å²) in [6.07, 6.45) is 5.76. The van der Waals surface area contributed by atoms with E-state index in [0.29, 0.717) is 12.5 Å². The van der Waals surface area contributed by atoms with Gasteiger partial charge < -0.3 is 9.88 Å². The maximum atomic E-state index is 12.7. The van der Waals surface area contributed by atoms with Crippen molar-refractivity contribution >= 4 is 0 Å². The Balaban J connectivity index is 2.22. The van der Waals surface area contributed by atoms with E-state index in [1.54, 1.807) is 0 Å². The fourth-order valence-electron chi connectivity index (χ4n) is 2.99. The molecule has 1 aromatic heterocycles. The van der Waals surface area contributed by atoms with Crippen molar-refractivity contribution in [2.45, 2.75) is 66.0 Å². The number of aryl methyl sites for hydroxylation is 1. The zero-order valence-corrected chi connectivity index (χ0v) is 13.2. The third-order valence-corrected chi connectivity index (χ3v) is 3.99. The molecule has 0 radical (unpaired) electrons. The minimum atomic E-state index is 0.225. The first-order valence-electron chi connectivity index (χ1n) is 8.08. The first-order chi connectivity index (χ1) is 9.63. The van der Waals surface area contributed by atoms with Gasteiger partial charge in [0.2, 0.25) is 0 Å². The molecule has 0 bridgehead atoms. The van der Waals surface area contributed by atoms with E-state index >= 15 is 0 Å². The predicted molar refractivity (Wildman–Crippen MR) is 84.2 cm³/mol. The molecule has 0 unspecified atom stereocenters. The summed E-state index contributed by atoms with van der Waals surface area (Å²) in [5, 5.41) is 3.40. The lowest BCUT2D eigenvalue weighted by Gasteiger charge is -2.16. The molecule has 0 spiro atoms. The maximum Gasteiger partial charge on any atom is 0.255 e. The highest BCUT2D eigenvalue weighted by Gasteiger charge is 2.19. The Hall–Kier alpha value is -1.09. The van der Waals surface area contributed by atoms with Crippen molar-refractivity contribution in [3.63, 3.8) is 0 Å². The average Bonchev–Trinajstić information content (AvgIpc) is 2.86. The van der Waals surface area contributed by atoms with Crippen LogP contribution in [0.15, 0.2) is 10.9 Å². The Bertz CT molecular complexity index is 502. The minimum absolute atomic E-state index is 0.225. The summed E-state index contributed by atoms with van der Waals surface area (Å²) in [6.45, 7) is 9.11. The van der Waals surface area contributed by atoms with Crippen molar-refractivity contribution in [3.05, 3.63) is 33.2 Å². The Kier molecular flexibility index (Phi) is 5.41. The van der Waals surface area contributed by atoms with Crippen LogP contribution in [0.5, 0.6) is 0 Å². The highest BCUT2D eigenvalue weighted by molar-refractivity contribution is 5.30. The Morgan fingerprint density at radius 3 is 2.85 bits per heavy atom. The SMILES string of the molecule is CCCCNCc1cc2c(n(CC(C)C)c1=O)CCC2. The Morgan fingerprint density at radius 1 is 1.35 bits per heavy atom. The number of hydrogen-bond acceptors (Lipinski definition) is 2. The number of rotatable bonds is 7. The van der Waals surface area contributed by atoms with E-state index in [-0.39, 0.29) is 5.56 Å². The zero-order valence-electron chi connectivity index (χ0n) is 13.2. The zero-order chi connectivity index (χ0) is 14.5. The minimum Gasteiger partial charge on any atom is -0.312 e. The molecule has 0 fully saturated rings. The number of fused-ring (bicyclic) bond motifs is 1. The van der Waals surface area contributed by atoms with Gasteiger partial charge in [-0.25, -0.2) is 0 Å². The van der Waals surface area contributed by atoms with Crippen LogP contribution in [0.1, 0.15) is 56.9 Å². The number of nitrogens with one attached hydrogen (secondary N) is 1. The second-order valence-electron chi connectivity index (χ2n) is 6.33. The summed E-state index contributed by atoms with van der Waals surface area (Å²) in [6, 6.07) is 2.15. The second kappa shape index (κ2) is 7.07. The molecule has 1 aromatic rings. The van der Waals surface area contributed by atoms with Gasteiger partial charge in [-0.3, -0.25) is 4.79 Å². The summed E-state index contributed by atoms with van der Waals surface area (Å²) >= 11 is 0. The molecule has 1 heterocycles. The van der Waals surface area contributed by atoms with E-state index < -0.39 is 0 Å². The maximum absolute atomic E-state index is 12.7. The summed E-state index contributed by atoms with van der Waals surface area (Å²) in [5.74, 6) is 0.515. The molecule has 2 rings (SSSR count). The Labute approximate surface area is 122 Å². The quantitative estimate of drug-likeness (QED) is 0.777. The van der Waals surface area contributed by atoms with Crippen LogP contribution in [-0.2, 0) is 25.9 Å². The van der Waals surface area contributed by atoms with Gasteiger partial charge in [0.15, 0.2) is 0 Å². The van der Waals surface area contributed by atoms with Crippen LogP contribution in [0, 0.1) is 5.92 Å². The van der Waals surface area contributed by atoms with Crippen LogP contribution in [-0.4, -0.2) is 11.1 Å². The molecule has 112 valence electrons. The monoisotopic (exact) mass is 276 g/mol. The third-order valence-electron chi connectivity index (χ3n) is 3.99. The predicted octanol–water partition coefficient (Wildman–Crippen LogP) is 2.88. The van der Waals surface area contributed by atoms with E-state index in [1.807, 2.05) is 4.57 Å². The Morgan fingerprint density at radius 2 is 2.15 bits per heavy atom. The fourth-order valence-corrected chi connectivity index (χ4v) is 2.99. The number of nitrogens with zero attached hydrogens (tertiary/aromatic N) is 1. The summed E-state index contributed by atoms with van der Waals surface area (Å²) < 4.78 is 2.05. The number of aromatic nitrogens is 1. The van der Waals surface area contributed by atoms with Gasteiger partial charge >= 0.3 is 0 Å². The van der Waals surface area contributed by atoms with E-state index in [4.69, 9.17) is 0 Å². The van der Waals surface area contributed by atoms with Crippen LogP contribution >= 0.6 is 0 Å². The van der Waals surface area contributed by atoms with Crippen LogP contribution in [0.3, 0.4) is 0 Å². The average molecular weight is 276 g/mol. The molecule has 0 atom stereocenters. The molecular weight excluding hydrogens is 248 g/mol. The molecule has 0 saturated carbocycles. The van der Waals surface area contributed by atoms with Gasteiger partial charge in [-0.05, 0) is 49.8 Å². The van der Waals surface area contributed by atoms with Gasteiger partial charge in [-0.15, -0.1) is 0 Å². The van der Waals surface area contributed by atoms with Crippen molar-refractivity contribution < 1.29 is 0 Å². The molecule has 0 aliphatic heterocycles. The lowest BCUT2D eigenvalue weighted by Crippen LogP contribution is -2.31. The molecule has 0 saturated heterocycles. The molecular formula is C17H28N2O. The molecule has 0 amide bonds. The highest BCUT2D eigenvalue weighted by atomic mass is 16.1. The van der Waals surface area contributed by atoms with Crippen LogP contribution in [0.4, 0.5) is 0 Å². The van der Waals surface area contributed by atoms with Crippen molar-refractivity contribution in [3.8, 4) is 0 Å². The van der Waals surface area contributed by atoms with E-state index in [1.165, 1.54) is 30.5 Å². The van der Waals surface area contributed by atoms with Gasteiger partial charge in [0.1, 0.15) is 0 Å². The second-order valence-corrected chi connectivity index (χ2v) is 6.33. The largest absolute Gasteiger partial charge is 0.312 e. The topological polar surface area (TPSA) is 34.0 Å². The third kappa shape index (κ3) is 3.51. The summed E-state index contributed by atoms with van der Waals surface area (Å²) in [5.41, 5.74) is 3.87. The number of pyridine rings is 1. The fraction of sp³-hybridized carbons (Fsp3) is 0.706. The normalized spacial score (nSPS) is 14.0. The lowest BCUT2D eigenvalue weighted by molar-refractivity contribution is 0.493. The number of unbranched alkanes of at least 4 members (excludes halogenated alkanes) is 1. The molecule has 1 aliphatic rings.